The molecule has 0 aliphatic heterocycles. The number of nitrogens with one attached hydrogen (secondary N) is 1. The van der Waals surface area contributed by atoms with Gasteiger partial charge in [-0.2, -0.15) is 0 Å². The van der Waals surface area contributed by atoms with Crippen molar-refractivity contribution in [3.63, 3.8) is 0 Å². The van der Waals surface area contributed by atoms with E-state index in [1.165, 1.54) is 11.1 Å². The molecule has 0 radical (unpaired) electrons. The van der Waals surface area contributed by atoms with Gasteiger partial charge in [0.1, 0.15) is 0 Å². The average molecular weight is 466 g/mol. The number of nitrogens with two attached hydrogens (primary N) is 1. The third-order valence-corrected chi connectivity index (χ3v) is 4.36. The summed E-state index contributed by atoms with van der Waals surface area (Å²) >= 11 is 0. The molecular formula is C21H31IN4. The van der Waals surface area contributed by atoms with E-state index in [1.54, 1.807) is 0 Å². The van der Waals surface area contributed by atoms with Gasteiger partial charge in [-0.25, -0.2) is 4.99 Å². The lowest BCUT2D eigenvalue weighted by Crippen LogP contribution is -2.22. The molecule has 0 fully saturated rings. The van der Waals surface area contributed by atoms with Gasteiger partial charge in [0.15, 0.2) is 5.96 Å². The van der Waals surface area contributed by atoms with Crippen molar-refractivity contribution in [3.05, 3.63) is 65.2 Å². The Labute approximate surface area is 174 Å². The molecule has 0 bridgehead atoms. The zero-order valence-electron chi connectivity index (χ0n) is 16.0. The van der Waals surface area contributed by atoms with Crippen molar-refractivity contribution >= 4 is 35.6 Å². The summed E-state index contributed by atoms with van der Waals surface area (Å²) in [6.45, 7) is 10.2. The van der Waals surface area contributed by atoms with Crippen LogP contribution in [0.15, 0.2) is 53.5 Å². The van der Waals surface area contributed by atoms with Crippen molar-refractivity contribution in [1.82, 2.24) is 4.90 Å². The Bertz CT molecular complexity index is 679. The molecule has 3 N–H and O–H groups in total. The minimum atomic E-state index is 0. The standard InChI is InChI=1S/C21H30N4.HI/c1-4-17-8-7-9-20(14-17)24-21(22)23-15-18-10-12-19(13-11-18)16-25(5-2)6-3;/h7-14H,4-6,15-16H2,1-3H3,(H3,22,23,24);1H. The van der Waals surface area contributed by atoms with Crippen LogP contribution >= 0.6 is 24.0 Å². The molecule has 2 aromatic rings. The van der Waals surface area contributed by atoms with Gasteiger partial charge >= 0.3 is 0 Å². The number of halogens is 1. The van der Waals surface area contributed by atoms with Gasteiger partial charge < -0.3 is 11.1 Å². The molecule has 4 nitrogen and oxygen atoms in total. The van der Waals surface area contributed by atoms with E-state index in [-0.39, 0.29) is 24.0 Å². The number of aryl methyl sites for hydroxylation is 1. The molecule has 0 saturated carbocycles. The van der Waals surface area contributed by atoms with E-state index in [4.69, 9.17) is 5.73 Å². The first-order valence-corrected chi connectivity index (χ1v) is 9.10. The number of guanidine groups is 1. The van der Waals surface area contributed by atoms with Gasteiger partial charge in [0, 0.05) is 12.2 Å². The van der Waals surface area contributed by atoms with Crippen LogP contribution in [0.1, 0.15) is 37.5 Å². The van der Waals surface area contributed by atoms with E-state index in [1.807, 2.05) is 12.1 Å². The van der Waals surface area contributed by atoms with Crippen molar-refractivity contribution < 1.29 is 0 Å². The van der Waals surface area contributed by atoms with Crippen LogP contribution in [0, 0.1) is 0 Å². The number of rotatable bonds is 8. The van der Waals surface area contributed by atoms with E-state index in [0.29, 0.717) is 12.5 Å². The Morgan fingerprint density at radius 3 is 2.23 bits per heavy atom. The monoisotopic (exact) mass is 466 g/mol. The van der Waals surface area contributed by atoms with Gasteiger partial charge in [0.25, 0.3) is 0 Å². The minimum absolute atomic E-state index is 0. The van der Waals surface area contributed by atoms with E-state index < -0.39 is 0 Å². The number of anilines is 1. The van der Waals surface area contributed by atoms with Crippen molar-refractivity contribution in [1.29, 1.82) is 0 Å². The Balaban J connectivity index is 0.00000338. The lowest BCUT2D eigenvalue weighted by molar-refractivity contribution is 0.296. The molecule has 0 amide bonds. The normalized spacial score (nSPS) is 11.3. The fourth-order valence-corrected chi connectivity index (χ4v) is 2.69. The third-order valence-electron chi connectivity index (χ3n) is 4.36. The second-order valence-corrected chi connectivity index (χ2v) is 6.16. The highest BCUT2D eigenvalue weighted by Crippen LogP contribution is 2.11. The van der Waals surface area contributed by atoms with Crippen LogP contribution in [0.5, 0.6) is 0 Å². The summed E-state index contributed by atoms with van der Waals surface area (Å²) in [6, 6.07) is 16.9. The maximum absolute atomic E-state index is 6.01. The highest BCUT2D eigenvalue weighted by atomic mass is 127. The Hall–Kier alpha value is -1.60. The molecule has 0 unspecified atom stereocenters. The zero-order chi connectivity index (χ0) is 18.1. The number of benzene rings is 2. The maximum Gasteiger partial charge on any atom is 0.193 e. The fraction of sp³-hybridized carbons (Fsp3) is 0.381. The van der Waals surface area contributed by atoms with E-state index in [0.717, 1.165) is 37.3 Å². The molecule has 0 aromatic heterocycles. The molecule has 0 saturated heterocycles. The molecule has 142 valence electrons. The fourth-order valence-electron chi connectivity index (χ4n) is 2.69. The first kappa shape index (κ1) is 22.4. The molecule has 5 heteroatoms. The highest BCUT2D eigenvalue weighted by molar-refractivity contribution is 14.0. The molecule has 2 rings (SSSR count). The molecule has 0 heterocycles. The third kappa shape index (κ3) is 7.33. The first-order chi connectivity index (χ1) is 12.1. The van der Waals surface area contributed by atoms with Crippen LogP contribution < -0.4 is 11.1 Å². The summed E-state index contributed by atoms with van der Waals surface area (Å²) in [5.41, 5.74) is 10.8. The van der Waals surface area contributed by atoms with Crippen molar-refractivity contribution in [2.45, 2.75) is 40.3 Å². The summed E-state index contributed by atoms with van der Waals surface area (Å²) in [7, 11) is 0. The number of nitrogens with zero attached hydrogens (tertiary/aromatic N) is 2. The Kier molecular flexibility index (Phi) is 10.3. The molecule has 0 spiro atoms. The zero-order valence-corrected chi connectivity index (χ0v) is 18.4. The van der Waals surface area contributed by atoms with Gasteiger partial charge in [-0.3, -0.25) is 4.90 Å². The second kappa shape index (κ2) is 11.9. The summed E-state index contributed by atoms with van der Waals surface area (Å²) in [6.07, 6.45) is 1.01. The van der Waals surface area contributed by atoms with Gasteiger partial charge in [0.05, 0.1) is 6.54 Å². The Morgan fingerprint density at radius 1 is 0.962 bits per heavy atom. The maximum atomic E-state index is 6.01. The predicted octanol–water partition coefficient (Wildman–Crippen LogP) is 4.64. The smallest absolute Gasteiger partial charge is 0.193 e. The molecule has 0 atom stereocenters. The summed E-state index contributed by atoms with van der Waals surface area (Å²) in [5.74, 6) is 0.445. The Morgan fingerprint density at radius 2 is 1.62 bits per heavy atom. The topological polar surface area (TPSA) is 53.6 Å². The van der Waals surface area contributed by atoms with Crippen LogP contribution in [0.2, 0.25) is 0 Å². The number of hydrogen-bond acceptors (Lipinski definition) is 2. The quantitative estimate of drug-likeness (QED) is 0.339. The summed E-state index contributed by atoms with van der Waals surface area (Å²) < 4.78 is 0. The number of hydrogen-bond donors (Lipinski definition) is 2. The lowest BCUT2D eigenvalue weighted by Gasteiger charge is -2.17. The van der Waals surface area contributed by atoms with Gasteiger partial charge in [0.2, 0.25) is 0 Å². The van der Waals surface area contributed by atoms with Crippen molar-refractivity contribution in [2.75, 3.05) is 18.4 Å². The lowest BCUT2D eigenvalue weighted by atomic mass is 10.1. The van der Waals surface area contributed by atoms with Crippen LogP contribution in [-0.4, -0.2) is 23.9 Å². The van der Waals surface area contributed by atoms with Crippen LogP contribution in [0.25, 0.3) is 0 Å². The molecule has 0 aliphatic rings. The van der Waals surface area contributed by atoms with Crippen LogP contribution in [0.4, 0.5) is 5.69 Å². The van der Waals surface area contributed by atoms with E-state index in [2.05, 4.69) is 72.4 Å². The van der Waals surface area contributed by atoms with Gasteiger partial charge in [-0.1, -0.05) is 57.2 Å². The van der Waals surface area contributed by atoms with Crippen LogP contribution in [-0.2, 0) is 19.5 Å². The van der Waals surface area contributed by atoms with Crippen molar-refractivity contribution in [2.24, 2.45) is 10.7 Å². The SMILES string of the molecule is CCc1cccc(NC(N)=NCc2ccc(CN(CC)CC)cc2)c1.I. The highest BCUT2D eigenvalue weighted by Gasteiger charge is 2.01. The van der Waals surface area contributed by atoms with E-state index in [9.17, 15) is 0 Å². The van der Waals surface area contributed by atoms with Crippen molar-refractivity contribution in [3.8, 4) is 0 Å². The molecule has 26 heavy (non-hydrogen) atoms. The second-order valence-electron chi connectivity index (χ2n) is 6.16. The minimum Gasteiger partial charge on any atom is -0.370 e. The molecular weight excluding hydrogens is 435 g/mol. The predicted molar refractivity (Wildman–Crippen MR) is 123 cm³/mol. The molecule has 0 aliphatic carbocycles. The van der Waals surface area contributed by atoms with Gasteiger partial charge in [-0.15, -0.1) is 24.0 Å². The summed E-state index contributed by atoms with van der Waals surface area (Å²) in [4.78, 5) is 6.84. The number of aliphatic imine (C=N–C) groups is 1. The molecule has 2 aromatic carbocycles. The summed E-state index contributed by atoms with van der Waals surface area (Å²) in [5, 5.41) is 3.16. The first-order valence-electron chi connectivity index (χ1n) is 9.10. The van der Waals surface area contributed by atoms with Gasteiger partial charge in [-0.05, 0) is 48.3 Å². The average Bonchev–Trinajstić information content (AvgIpc) is 2.65. The van der Waals surface area contributed by atoms with E-state index >= 15 is 0 Å². The van der Waals surface area contributed by atoms with Crippen LogP contribution in [0.3, 0.4) is 0 Å². The largest absolute Gasteiger partial charge is 0.370 e.